The fourth-order valence-electron chi connectivity index (χ4n) is 1.31. The van der Waals surface area contributed by atoms with Gasteiger partial charge in [-0.3, -0.25) is 4.98 Å². The maximum absolute atomic E-state index is 4.36. The highest BCUT2D eigenvalue weighted by Crippen LogP contribution is 2.28. The fraction of sp³-hybridized carbons (Fsp3) is 0.100. The summed E-state index contributed by atoms with van der Waals surface area (Å²) in [6.07, 6.45) is 3.87. The molecule has 0 fully saturated rings. The Bertz CT molecular complexity index is 440. The minimum atomic E-state index is 0.938. The first-order valence-corrected chi connectivity index (χ1v) is 5.61. The molecule has 1 aromatic carbocycles. The highest BCUT2D eigenvalue weighted by molar-refractivity contribution is 7.98. The van der Waals surface area contributed by atoms with E-state index in [4.69, 9.17) is 0 Å². The fourth-order valence-corrected chi connectivity index (χ4v) is 2.15. The number of hydrogen-bond acceptors (Lipinski definition) is 3. The van der Waals surface area contributed by atoms with Crippen molar-refractivity contribution < 1.29 is 0 Å². The summed E-state index contributed by atoms with van der Waals surface area (Å²) in [5.41, 5.74) is 0.984. The van der Waals surface area contributed by atoms with E-state index in [9.17, 15) is 0 Å². The van der Waals surface area contributed by atoms with Gasteiger partial charge in [0, 0.05) is 21.4 Å². The minimum absolute atomic E-state index is 0.938. The van der Waals surface area contributed by atoms with Crippen molar-refractivity contribution in [2.45, 2.75) is 9.79 Å². The molecule has 1 heterocycles. The Kier molecular flexibility index (Phi) is 2.47. The smallest absolute Gasteiger partial charge is 0.0846 e. The molecule has 0 bridgehead atoms. The largest absolute Gasteiger partial charge is 0.255 e. The van der Waals surface area contributed by atoms with Crippen LogP contribution in [-0.2, 0) is 0 Å². The van der Waals surface area contributed by atoms with Crippen LogP contribution in [0.1, 0.15) is 0 Å². The quantitative estimate of drug-likeness (QED) is 0.569. The number of rotatable bonds is 1. The number of nitrogens with zero attached hydrogens (tertiary/aromatic N) is 1. The molecule has 0 N–H and O–H groups in total. The van der Waals surface area contributed by atoms with E-state index in [1.165, 1.54) is 10.3 Å². The Labute approximate surface area is 87.0 Å². The zero-order valence-electron chi connectivity index (χ0n) is 7.19. The zero-order valence-corrected chi connectivity index (χ0v) is 8.90. The molecule has 0 aliphatic carbocycles. The molecule has 2 aromatic rings. The molecule has 1 aromatic heterocycles. The van der Waals surface area contributed by atoms with Crippen LogP contribution in [0.4, 0.5) is 0 Å². The molecule has 0 radical (unpaired) electrons. The van der Waals surface area contributed by atoms with E-state index in [-0.39, 0.29) is 0 Å². The monoisotopic (exact) mass is 207 g/mol. The molecule has 0 saturated heterocycles. The third-order valence-electron chi connectivity index (χ3n) is 1.93. The molecular weight excluding hydrogens is 198 g/mol. The molecule has 66 valence electrons. The SMILES string of the molecule is CSc1ccc(S)c2ncccc12. The van der Waals surface area contributed by atoms with E-state index in [2.05, 4.69) is 36.0 Å². The lowest BCUT2D eigenvalue weighted by Gasteiger charge is -2.04. The summed E-state index contributed by atoms with van der Waals surface area (Å²) in [6.45, 7) is 0. The van der Waals surface area contributed by atoms with E-state index < -0.39 is 0 Å². The number of pyridine rings is 1. The average Bonchev–Trinajstić information content (AvgIpc) is 2.19. The van der Waals surface area contributed by atoms with E-state index >= 15 is 0 Å². The van der Waals surface area contributed by atoms with Gasteiger partial charge in [-0.15, -0.1) is 24.4 Å². The van der Waals surface area contributed by atoms with Gasteiger partial charge in [-0.05, 0) is 24.5 Å². The van der Waals surface area contributed by atoms with Crippen molar-refractivity contribution in [2.24, 2.45) is 0 Å². The second-order valence-electron chi connectivity index (χ2n) is 2.69. The van der Waals surface area contributed by atoms with Crippen LogP contribution in [0.15, 0.2) is 40.3 Å². The lowest BCUT2D eigenvalue weighted by atomic mass is 10.2. The Hall–Kier alpha value is -0.670. The molecule has 3 heteroatoms. The number of thiol groups is 1. The zero-order chi connectivity index (χ0) is 9.26. The van der Waals surface area contributed by atoms with E-state index in [1.54, 1.807) is 18.0 Å². The van der Waals surface area contributed by atoms with Gasteiger partial charge in [0.2, 0.25) is 0 Å². The first-order valence-electron chi connectivity index (χ1n) is 3.93. The van der Waals surface area contributed by atoms with Crippen LogP contribution in [0, 0.1) is 0 Å². The van der Waals surface area contributed by atoms with Gasteiger partial charge < -0.3 is 0 Å². The molecule has 0 unspecified atom stereocenters. The average molecular weight is 207 g/mol. The predicted octanol–water partition coefficient (Wildman–Crippen LogP) is 3.25. The van der Waals surface area contributed by atoms with E-state index in [1.807, 2.05) is 12.1 Å². The number of benzene rings is 1. The second-order valence-corrected chi connectivity index (χ2v) is 4.02. The number of fused-ring (bicyclic) bond motifs is 1. The molecule has 1 nitrogen and oxygen atoms in total. The first kappa shape index (κ1) is 8.91. The Morgan fingerprint density at radius 1 is 1.31 bits per heavy atom. The van der Waals surface area contributed by atoms with Gasteiger partial charge in [0.05, 0.1) is 5.52 Å². The van der Waals surface area contributed by atoms with Crippen LogP contribution >= 0.6 is 24.4 Å². The summed E-state index contributed by atoms with van der Waals surface area (Å²) in [5.74, 6) is 0. The summed E-state index contributed by atoms with van der Waals surface area (Å²) >= 11 is 6.10. The molecular formula is C10H9NS2. The molecule has 0 saturated carbocycles. The van der Waals surface area contributed by atoms with Crippen molar-refractivity contribution in [3.05, 3.63) is 30.5 Å². The highest BCUT2D eigenvalue weighted by Gasteiger charge is 2.02. The Morgan fingerprint density at radius 2 is 2.15 bits per heavy atom. The van der Waals surface area contributed by atoms with Crippen molar-refractivity contribution in [3.63, 3.8) is 0 Å². The van der Waals surface area contributed by atoms with Gasteiger partial charge in [-0.25, -0.2) is 0 Å². The summed E-state index contributed by atoms with van der Waals surface area (Å²) in [4.78, 5) is 6.49. The summed E-state index contributed by atoms with van der Waals surface area (Å²) in [5, 5.41) is 1.18. The number of thioether (sulfide) groups is 1. The minimum Gasteiger partial charge on any atom is -0.255 e. The van der Waals surface area contributed by atoms with Gasteiger partial charge >= 0.3 is 0 Å². The summed E-state index contributed by atoms with van der Waals surface area (Å²) in [6, 6.07) is 8.10. The van der Waals surface area contributed by atoms with Crippen LogP contribution in [-0.4, -0.2) is 11.2 Å². The van der Waals surface area contributed by atoms with Crippen LogP contribution in [0.2, 0.25) is 0 Å². The maximum atomic E-state index is 4.36. The topological polar surface area (TPSA) is 12.9 Å². The molecule has 0 aliphatic heterocycles. The molecule has 0 spiro atoms. The molecule has 0 amide bonds. The van der Waals surface area contributed by atoms with Gasteiger partial charge in [-0.1, -0.05) is 6.07 Å². The molecule has 2 rings (SSSR count). The van der Waals surface area contributed by atoms with Crippen LogP contribution in [0.3, 0.4) is 0 Å². The van der Waals surface area contributed by atoms with Gasteiger partial charge in [-0.2, -0.15) is 0 Å². The normalized spacial score (nSPS) is 10.6. The van der Waals surface area contributed by atoms with Crippen molar-refractivity contribution in [1.82, 2.24) is 4.98 Å². The first-order chi connectivity index (χ1) is 6.33. The summed E-state index contributed by atoms with van der Waals surface area (Å²) < 4.78 is 0. The molecule has 0 aliphatic rings. The van der Waals surface area contributed by atoms with Crippen molar-refractivity contribution >= 4 is 35.3 Å². The number of aromatic nitrogens is 1. The van der Waals surface area contributed by atoms with E-state index in [0.717, 1.165) is 10.4 Å². The lowest BCUT2D eigenvalue weighted by molar-refractivity contribution is 1.32. The highest BCUT2D eigenvalue weighted by atomic mass is 32.2. The predicted molar refractivity (Wildman–Crippen MR) is 60.8 cm³/mol. The van der Waals surface area contributed by atoms with Crippen LogP contribution in [0.5, 0.6) is 0 Å². The molecule has 13 heavy (non-hydrogen) atoms. The van der Waals surface area contributed by atoms with Crippen molar-refractivity contribution in [1.29, 1.82) is 0 Å². The molecule has 0 atom stereocenters. The summed E-state index contributed by atoms with van der Waals surface area (Å²) in [7, 11) is 0. The van der Waals surface area contributed by atoms with Crippen molar-refractivity contribution in [3.8, 4) is 0 Å². The van der Waals surface area contributed by atoms with Crippen molar-refractivity contribution in [2.75, 3.05) is 6.26 Å². The second kappa shape index (κ2) is 3.60. The standard InChI is InChI=1S/C10H9NS2/c1-13-9-5-4-8(12)10-7(9)3-2-6-11-10/h2-6,12H,1H3. The van der Waals surface area contributed by atoms with Crippen LogP contribution in [0.25, 0.3) is 10.9 Å². The van der Waals surface area contributed by atoms with Gasteiger partial charge in [0.1, 0.15) is 0 Å². The third-order valence-corrected chi connectivity index (χ3v) is 3.08. The Balaban J connectivity index is 2.84. The van der Waals surface area contributed by atoms with Gasteiger partial charge in [0.15, 0.2) is 0 Å². The lowest BCUT2D eigenvalue weighted by Crippen LogP contribution is -1.82. The number of hydrogen-bond donors (Lipinski definition) is 1. The van der Waals surface area contributed by atoms with Gasteiger partial charge in [0.25, 0.3) is 0 Å². The van der Waals surface area contributed by atoms with E-state index in [0.29, 0.717) is 0 Å². The third kappa shape index (κ3) is 1.54. The Morgan fingerprint density at radius 3 is 2.92 bits per heavy atom. The maximum Gasteiger partial charge on any atom is 0.0846 e. The van der Waals surface area contributed by atoms with Crippen LogP contribution < -0.4 is 0 Å².